The van der Waals surface area contributed by atoms with Gasteiger partial charge in [0.2, 0.25) is 5.91 Å². The number of esters is 1. The molecule has 1 aliphatic carbocycles. The number of benzene rings is 2. The van der Waals surface area contributed by atoms with Gasteiger partial charge in [0.25, 0.3) is 0 Å². The minimum Gasteiger partial charge on any atom is -0.493 e. The highest BCUT2D eigenvalue weighted by atomic mass is 127. The van der Waals surface area contributed by atoms with Crippen LogP contribution in [0.1, 0.15) is 49.8 Å². The Labute approximate surface area is 207 Å². The van der Waals surface area contributed by atoms with E-state index < -0.39 is 0 Å². The highest BCUT2D eigenvalue weighted by molar-refractivity contribution is 14.1. The largest absolute Gasteiger partial charge is 0.493 e. The van der Waals surface area contributed by atoms with Crippen molar-refractivity contribution in [3.63, 3.8) is 0 Å². The van der Waals surface area contributed by atoms with Crippen LogP contribution in [-0.4, -0.2) is 25.1 Å². The molecular weight excluding hydrogens is 531 g/mol. The number of carbonyl (C=O) groups is 2. The fraction of sp³-hybridized carbons (Fsp3) is 0.423. The number of nitriles is 1. The molecule has 172 valence electrons. The first-order valence-corrected chi connectivity index (χ1v) is 12.4. The van der Waals surface area contributed by atoms with Gasteiger partial charge in [-0.2, -0.15) is 5.26 Å². The van der Waals surface area contributed by atoms with Gasteiger partial charge in [-0.3, -0.25) is 9.59 Å². The summed E-state index contributed by atoms with van der Waals surface area (Å²) in [7, 11) is 0. The first-order chi connectivity index (χ1) is 15.9. The van der Waals surface area contributed by atoms with Crippen molar-refractivity contribution >= 4 is 40.2 Å². The number of ether oxygens (including phenoxy) is 2. The molecule has 4 rings (SSSR count). The maximum atomic E-state index is 13.5. The van der Waals surface area contributed by atoms with E-state index in [2.05, 4.69) is 47.0 Å². The lowest BCUT2D eigenvalue weighted by atomic mass is 9.86. The van der Waals surface area contributed by atoms with E-state index in [1.807, 2.05) is 18.2 Å². The monoisotopic (exact) mass is 558 g/mol. The molecule has 1 spiro atoms. The van der Waals surface area contributed by atoms with Crippen molar-refractivity contribution in [3.05, 3.63) is 56.7 Å². The van der Waals surface area contributed by atoms with Gasteiger partial charge in [0, 0.05) is 26.7 Å². The second-order valence-corrected chi connectivity index (χ2v) is 9.92. The molecule has 1 N–H and O–H groups in total. The van der Waals surface area contributed by atoms with Crippen LogP contribution >= 0.6 is 22.6 Å². The van der Waals surface area contributed by atoms with Crippen LogP contribution in [0.5, 0.6) is 5.75 Å². The van der Waals surface area contributed by atoms with Gasteiger partial charge in [-0.1, -0.05) is 13.0 Å². The third kappa shape index (κ3) is 4.58. The number of fused-ring (bicyclic) bond motifs is 2. The molecule has 6 nitrogen and oxygen atoms in total. The maximum absolute atomic E-state index is 13.5. The second-order valence-electron chi connectivity index (χ2n) is 8.68. The topological polar surface area (TPSA) is 88.4 Å². The summed E-state index contributed by atoms with van der Waals surface area (Å²) in [6.07, 6.45) is 2.35. The molecule has 0 saturated heterocycles. The van der Waals surface area contributed by atoms with E-state index >= 15 is 0 Å². The van der Waals surface area contributed by atoms with Crippen molar-refractivity contribution in [2.45, 2.75) is 44.9 Å². The van der Waals surface area contributed by atoms with Gasteiger partial charge in [0.05, 0.1) is 30.8 Å². The molecule has 2 unspecified atom stereocenters. The van der Waals surface area contributed by atoms with Crippen molar-refractivity contribution in [3.8, 4) is 11.8 Å². The Kier molecular flexibility index (Phi) is 6.94. The Morgan fingerprint density at radius 2 is 2.12 bits per heavy atom. The Balaban J connectivity index is 1.53. The predicted octanol–water partition coefficient (Wildman–Crippen LogP) is 4.97. The molecule has 1 fully saturated rings. The van der Waals surface area contributed by atoms with Crippen LogP contribution < -0.4 is 10.1 Å². The average Bonchev–Trinajstić information content (AvgIpc) is 3.38. The van der Waals surface area contributed by atoms with E-state index in [4.69, 9.17) is 9.47 Å². The predicted molar refractivity (Wildman–Crippen MR) is 133 cm³/mol. The van der Waals surface area contributed by atoms with Crippen LogP contribution in [0.15, 0.2) is 36.4 Å². The van der Waals surface area contributed by atoms with Crippen LogP contribution in [0, 0.1) is 26.7 Å². The molecule has 0 aromatic heterocycles. The molecule has 1 amide bonds. The van der Waals surface area contributed by atoms with Crippen LogP contribution in [0.25, 0.3) is 0 Å². The van der Waals surface area contributed by atoms with E-state index in [0.29, 0.717) is 43.7 Å². The molecule has 1 aliphatic heterocycles. The molecule has 2 aromatic carbocycles. The summed E-state index contributed by atoms with van der Waals surface area (Å²) in [5.74, 6) is 0.658. The summed E-state index contributed by atoms with van der Waals surface area (Å²) in [4.78, 5) is 25.1. The lowest BCUT2D eigenvalue weighted by molar-refractivity contribution is -0.143. The van der Waals surface area contributed by atoms with Gasteiger partial charge < -0.3 is 14.8 Å². The summed E-state index contributed by atoms with van der Waals surface area (Å²) in [5.41, 5.74) is 2.95. The number of aryl methyl sites for hydroxylation is 1. The first kappa shape index (κ1) is 23.6. The van der Waals surface area contributed by atoms with Gasteiger partial charge >= 0.3 is 5.97 Å². The molecule has 0 bridgehead atoms. The number of anilines is 1. The van der Waals surface area contributed by atoms with E-state index in [0.717, 1.165) is 26.9 Å². The highest BCUT2D eigenvalue weighted by Crippen LogP contribution is 2.65. The number of amides is 1. The van der Waals surface area contributed by atoms with E-state index in [-0.39, 0.29) is 29.1 Å². The Hall–Kier alpha value is -2.60. The summed E-state index contributed by atoms with van der Waals surface area (Å²) >= 11 is 2.30. The van der Waals surface area contributed by atoms with Crippen LogP contribution in [0.3, 0.4) is 0 Å². The molecule has 7 heteroatoms. The SMILES string of the molecule is CCOC(=O)CCCc1ccc(C#N)cc1NC(=O)C1C(C)[C@]12CCOc1ccc(I)cc12. The Morgan fingerprint density at radius 1 is 1.30 bits per heavy atom. The zero-order valence-electron chi connectivity index (χ0n) is 18.8. The Morgan fingerprint density at radius 3 is 2.88 bits per heavy atom. The van der Waals surface area contributed by atoms with Crippen molar-refractivity contribution in [2.24, 2.45) is 11.8 Å². The lowest BCUT2D eigenvalue weighted by Crippen LogP contribution is -2.27. The van der Waals surface area contributed by atoms with Gasteiger partial charge in [0.1, 0.15) is 5.75 Å². The minimum absolute atomic E-state index is 0.0315. The Bertz CT molecular complexity index is 1130. The van der Waals surface area contributed by atoms with E-state index in [9.17, 15) is 14.9 Å². The number of hydrogen-bond acceptors (Lipinski definition) is 5. The first-order valence-electron chi connectivity index (χ1n) is 11.3. The zero-order chi connectivity index (χ0) is 23.6. The number of nitrogens with zero attached hydrogens (tertiary/aromatic N) is 1. The normalized spacial score (nSPS) is 22.6. The van der Waals surface area contributed by atoms with Crippen molar-refractivity contribution in [1.82, 2.24) is 0 Å². The van der Waals surface area contributed by atoms with Gasteiger partial charge in [-0.05, 0) is 90.6 Å². The lowest BCUT2D eigenvalue weighted by Gasteiger charge is -2.27. The third-order valence-electron chi connectivity index (χ3n) is 6.89. The molecule has 1 heterocycles. The van der Waals surface area contributed by atoms with Crippen molar-refractivity contribution in [2.75, 3.05) is 18.5 Å². The number of nitrogens with one attached hydrogen (secondary N) is 1. The fourth-order valence-electron chi connectivity index (χ4n) is 5.19. The minimum atomic E-state index is -0.224. The second kappa shape index (κ2) is 9.72. The molecule has 33 heavy (non-hydrogen) atoms. The number of carbonyl (C=O) groups excluding carboxylic acids is 2. The van der Waals surface area contributed by atoms with Crippen LogP contribution in [-0.2, 0) is 26.2 Å². The summed E-state index contributed by atoms with van der Waals surface area (Å²) in [5, 5.41) is 12.5. The zero-order valence-corrected chi connectivity index (χ0v) is 21.0. The fourth-order valence-corrected chi connectivity index (χ4v) is 5.68. The molecule has 3 atom stereocenters. The molecule has 2 aromatic rings. The van der Waals surface area contributed by atoms with E-state index in [1.54, 1.807) is 19.1 Å². The van der Waals surface area contributed by atoms with Crippen molar-refractivity contribution < 1.29 is 19.1 Å². The van der Waals surface area contributed by atoms with Crippen LogP contribution in [0.4, 0.5) is 5.69 Å². The van der Waals surface area contributed by atoms with Crippen LogP contribution in [0.2, 0.25) is 0 Å². The summed E-state index contributed by atoms with van der Waals surface area (Å²) in [6.45, 7) is 4.89. The molecular formula is C26H27IN2O4. The van der Waals surface area contributed by atoms with Gasteiger partial charge in [-0.25, -0.2) is 0 Å². The molecule has 2 aliphatic rings. The number of halogens is 1. The standard InChI is InChI=1S/C26H27IN2O4/c1-3-32-23(30)6-4-5-18-8-7-17(15-28)13-21(18)29-25(31)24-16(2)26(24)11-12-33-22-10-9-19(27)14-20(22)26/h7-10,13-14,16,24H,3-6,11-12H2,1-2H3,(H,29,31)/t16?,24?,26-/m0/s1. The van der Waals surface area contributed by atoms with Gasteiger partial charge in [0.15, 0.2) is 0 Å². The maximum Gasteiger partial charge on any atom is 0.305 e. The van der Waals surface area contributed by atoms with E-state index in [1.165, 1.54) is 0 Å². The van der Waals surface area contributed by atoms with Gasteiger partial charge in [-0.15, -0.1) is 0 Å². The highest BCUT2D eigenvalue weighted by Gasteiger charge is 2.67. The molecule has 1 saturated carbocycles. The smallest absolute Gasteiger partial charge is 0.305 e. The molecule has 0 radical (unpaired) electrons. The third-order valence-corrected chi connectivity index (χ3v) is 7.56. The number of hydrogen-bond donors (Lipinski definition) is 1. The van der Waals surface area contributed by atoms with Crippen molar-refractivity contribution in [1.29, 1.82) is 5.26 Å². The average molecular weight is 558 g/mol. The summed E-state index contributed by atoms with van der Waals surface area (Å²) < 4.78 is 12.0. The quantitative estimate of drug-likeness (QED) is 0.383. The summed E-state index contributed by atoms with van der Waals surface area (Å²) in [6, 6.07) is 13.6. The number of rotatable bonds is 7.